The summed E-state index contributed by atoms with van der Waals surface area (Å²) in [7, 11) is 0. The summed E-state index contributed by atoms with van der Waals surface area (Å²) in [4.78, 5) is 25.7. The fourth-order valence-electron chi connectivity index (χ4n) is 2.72. The molecule has 0 N–H and O–H groups in total. The first-order valence-corrected chi connectivity index (χ1v) is 10.8. The van der Waals surface area contributed by atoms with Crippen molar-refractivity contribution < 1.29 is 19.1 Å². The van der Waals surface area contributed by atoms with Gasteiger partial charge >= 0.3 is 5.97 Å². The summed E-state index contributed by atoms with van der Waals surface area (Å²) in [5.74, 6) is -0.502. The van der Waals surface area contributed by atoms with E-state index in [1.165, 1.54) is 6.08 Å². The van der Waals surface area contributed by atoms with Gasteiger partial charge in [-0.25, -0.2) is 4.79 Å². The topological polar surface area (TPSA) is 100 Å². The number of rotatable bonds is 9. The number of thiophene rings is 1. The van der Waals surface area contributed by atoms with Gasteiger partial charge in [0.1, 0.15) is 29.4 Å². The Morgan fingerprint density at radius 2 is 2.06 bits per heavy atom. The standard InChI is InChI=1S/C23H19BrN2O4S/c1-4-8-30-20-7-6-17(24)10-15(20)9-16(12-25)19(27)11-21-18(13-26)14(3)22(31-21)23(28)29-5-2/h4,6-7,9-10H,1,5,8,11H2,2-3H3/b16-9+. The summed E-state index contributed by atoms with van der Waals surface area (Å²) in [6, 6.07) is 9.21. The van der Waals surface area contributed by atoms with E-state index in [0.29, 0.717) is 21.8 Å². The van der Waals surface area contributed by atoms with Crippen molar-refractivity contribution in [3.8, 4) is 17.9 Å². The quantitative estimate of drug-likeness (QED) is 0.205. The molecule has 1 aromatic heterocycles. The van der Waals surface area contributed by atoms with E-state index < -0.39 is 11.8 Å². The Kier molecular flexibility index (Phi) is 8.75. The van der Waals surface area contributed by atoms with Gasteiger partial charge in [-0.1, -0.05) is 28.6 Å². The van der Waals surface area contributed by atoms with Gasteiger partial charge in [0.15, 0.2) is 5.78 Å². The Morgan fingerprint density at radius 1 is 1.32 bits per heavy atom. The van der Waals surface area contributed by atoms with E-state index in [1.54, 1.807) is 38.1 Å². The van der Waals surface area contributed by atoms with Crippen LogP contribution in [0.15, 0.2) is 40.9 Å². The minimum Gasteiger partial charge on any atom is -0.489 e. The van der Waals surface area contributed by atoms with Crippen molar-refractivity contribution in [2.75, 3.05) is 13.2 Å². The lowest BCUT2D eigenvalue weighted by atomic mass is 10.0. The van der Waals surface area contributed by atoms with Crippen LogP contribution in [0.25, 0.3) is 6.08 Å². The maximum Gasteiger partial charge on any atom is 0.348 e. The number of hydrogen-bond acceptors (Lipinski definition) is 7. The van der Waals surface area contributed by atoms with E-state index in [1.807, 2.05) is 12.1 Å². The molecule has 0 radical (unpaired) electrons. The molecule has 0 atom stereocenters. The molecule has 0 unspecified atom stereocenters. The van der Waals surface area contributed by atoms with Crippen molar-refractivity contribution in [1.29, 1.82) is 10.5 Å². The molecule has 6 nitrogen and oxygen atoms in total. The second-order valence-corrected chi connectivity index (χ2v) is 8.26. The van der Waals surface area contributed by atoms with E-state index in [0.717, 1.165) is 15.8 Å². The molecule has 0 bridgehead atoms. The third-order valence-corrected chi connectivity index (χ3v) is 5.93. The smallest absolute Gasteiger partial charge is 0.348 e. The molecule has 0 saturated heterocycles. The van der Waals surface area contributed by atoms with Gasteiger partial charge in [0.25, 0.3) is 0 Å². The van der Waals surface area contributed by atoms with Crippen LogP contribution >= 0.6 is 27.3 Å². The third kappa shape index (κ3) is 5.91. The summed E-state index contributed by atoms with van der Waals surface area (Å²) < 4.78 is 11.4. The number of hydrogen-bond donors (Lipinski definition) is 0. The van der Waals surface area contributed by atoms with E-state index >= 15 is 0 Å². The van der Waals surface area contributed by atoms with Crippen LogP contribution in [0.1, 0.15) is 38.2 Å². The molecule has 0 aliphatic heterocycles. The highest BCUT2D eigenvalue weighted by Gasteiger charge is 2.23. The number of carbonyl (C=O) groups excluding carboxylic acids is 2. The van der Waals surface area contributed by atoms with E-state index in [2.05, 4.69) is 22.5 Å². The predicted molar refractivity (Wildman–Crippen MR) is 122 cm³/mol. The number of ketones is 1. The first-order valence-electron chi connectivity index (χ1n) is 9.23. The van der Waals surface area contributed by atoms with Crippen LogP contribution in [-0.2, 0) is 16.0 Å². The zero-order valence-electron chi connectivity index (χ0n) is 17.0. The maximum absolute atomic E-state index is 12.9. The highest BCUT2D eigenvalue weighted by molar-refractivity contribution is 9.10. The number of nitriles is 2. The zero-order valence-corrected chi connectivity index (χ0v) is 19.4. The number of Topliss-reactive ketones (excluding diaryl/α,β-unsaturated/α-hetero) is 1. The molecule has 0 amide bonds. The van der Waals surface area contributed by atoms with Crippen molar-refractivity contribution in [2.24, 2.45) is 0 Å². The van der Waals surface area contributed by atoms with Crippen molar-refractivity contribution >= 4 is 45.1 Å². The van der Waals surface area contributed by atoms with Gasteiger partial charge in [-0.05, 0) is 43.7 Å². The molecule has 0 fully saturated rings. The molecule has 1 heterocycles. The van der Waals surface area contributed by atoms with Crippen LogP contribution in [0.4, 0.5) is 0 Å². The molecule has 31 heavy (non-hydrogen) atoms. The normalized spacial score (nSPS) is 10.7. The van der Waals surface area contributed by atoms with Crippen LogP contribution in [0.2, 0.25) is 0 Å². The van der Waals surface area contributed by atoms with Crippen molar-refractivity contribution in [3.63, 3.8) is 0 Å². The van der Waals surface area contributed by atoms with Gasteiger partial charge < -0.3 is 9.47 Å². The molecule has 2 rings (SSSR count). The van der Waals surface area contributed by atoms with Gasteiger partial charge in [-0.2, -0.15) is 10.5 Å². The molecule has 8 heteroatoms. The second-order valence-electron chi connectivity index (χ2n) is 6.24. The lowest BCUT2D eigenvalue weighted by Crippen LogP contribution is -2.05. The monoisotopic (exact) mass is 498 g/mol. The summed E-state index contributed by atoms with van der Waals surface area (Å²) in [5, 5.41) is 19.1. The minimum absolute atomic E-state index is 0.0887. The Balaban J connectivity index is 2.39. The molecule has 0 saturated carbocycles. The highest BCUT2D eigenvalue weighted by atomic mass is 79.9. The lowest BCUT2D eigenvalue weighted by Gasteiger charge is -2.08. The van der Waals surface area contributed by atoms with Crippen molar-refractivity contribution in [3.05, 3.63) is 67.3 Å². The van der Waals surface area contributed by atoms with Gasteiger partial charge in [0.05, 0.1) is 17.7 Å². The van der Waals surface area contributed by atoms with Crippen LogP contribution in [0.5, 0.6) is 5.75 Å². The number of carbonyl (C=O) groups is 2. The first-order chi connectivity index (χ1) is 14.9. The maximum atomic E-state index is 12.9. The zero-order chi connectivity index (χ0) is 23.0. The highest BCUT2D eigenvalue weighted by Crippen LogP contribution is 2.30. The molecular weight excluding hydrogens is 480 g/mol. The molecular formula is C23H19BrN2O4S. The number of halogens is 1. The number of ether oxygens (including phenoxy) is 2. The molecule has 0 aliphatic carbocycles. The summed E-state index contributed by atoms with van der Waals surface area (Å²) in [6.07, 6.45) is 2.86. The third-order valence-electron chi connectivity index (χ3n) is 4.16. The largest absolute Gasteiger partial charge is 0.489 e. The molecule has 0 spiro atoms. The predicted octanol–water partition coefficient (Wildman–Crippen LogP) is 5.15. The molecule has 158 valence electrons. The Morgan fingerprint density at radius 3 is 2.68 bits per heavy atom. The molecule has 2 aromatic rings. The Labute approximate surface area is 193 Å². The number of nitrogens with zero attached hydrogens (tertiary/aromatic N) is 2. The van der Waals surface area contributed by atoms with E-state index in [4.69, 9.17) is 9.47 Å². The first kappa shape index (κ1) is 24.1. The minimum atomic E-state index is -0.533. The van der Waals surface area contributed by atoms with E-state index in [-0.39, 0.29) is 35.6 Å². The number of allylic oxidation sites excluding steroid dienone is 1. The number of benzene rings is 1. The average molecular weight is 499 g/mol. The van der Waals surface area contributed by atoms with Gasteiger partial charge in [0, 0.05) is 21.3 Å². The average Bonchev–Trinajstić information content (AvgIpc) is 3.06. The van der Waals surface area contributed by atoms with Gasteiger partial charge in [-0.3, -0.25) is 4.79 Å². The summed E-state index contributed by atoms with van der Waals surface area (Å²) in [5.41, 5.74) is 1.20. The second kappa shape index (κ2) is 11.3. The molecule has 1 aromatic carbocycles. The van der Waals surface area contributed by atoms with Crippen LogP contribution in [-0.4, -0.2) is 25.0 Å². The Bertz CT molecular complexity index is 1140. The fourth-order valence-corrected chi connectivity index (χ4v) is 4.25. The van der Waals surface area contributed by atoms with Crippen LogP contribution in [0, 0.1) is 29.6 Å². The fraction of sp³-hybridized carbons (Fsp3) is 0.217. The van der Waals surface area contributed by atoms with E-state index in [9.17, 15) is 20.1 Å². The SMILES string of the molecule is C=CCOc1ccc(Br)cc1/C=C(\C#N)C(=O)Cc1sc(C(=O)OCC)c(C)c1C#N. The van der Waals surface area contributed by atoms with Crippen LogP contribution in [0.3, 0.4) is 0 Å². The number of esters is 1. The Hall–Kier alpha value is -3.20. The van der Waals surface area contributed by atoms with Gasteiger partial charge in [0.2, 0.25) is 0 Å². The molecule has 0 aliphatic rings. The summed E-state index contributed by atoms with van der Waals surface area (Å²) >= 11 is 4.41. The van der Waals surface area contributed by atoms with Crippen molar-refractivity contribution in [2.45, 2.75) is 20.3 Å². The van der Waals surface area contributed by atoms with Gasteiger partial charge in [-0.15, -0.1) is 11.3 Å². The van der Waals surface area contributed by atoms with Crippen LogP contribution < -0.4 is 4.74 Å². The summed E-state index contributed by atoms with van der Waals surface area (Å²) in [6.45, 7) is 7.42. The van der Waals surface area contributed by atoms with Crippen molar-refractivity contribution in [1.82, 2.24) is 0 Å². The lowest BCUT2D eigenvalue weighted by molar-refractivity contribution is -0.114.